The molecule has 132 valence electrons. The normalized spacial score (nSPS) is 16.2. The molecular weight excluding hydrogens is 345 g/mol. The second-order valence-electron chi connectivity index (χ2n) is 6.42. The summed E-state index contributed by atoms with van der Waals surface area (Å²) in [6.07, 6.45) is 2.09. The molecule has 0 bridgehead atoms. The minimum absolute atomic E-state index is 0.0184. The fourth-order valence-corrected chi connectivity index (χ4v) is 3.74. The molecular formula is C21H20FN3S. The van der Waals surface area contributed by atoms with Crippen molar-refractivity contribution in [2.75, 3.05) is 6.54 Å². The summed E-state index contributed by atoms with van der Waals surface area (Å²) in [6, 6.07) is 21.1. The molecule has 5 heteroatoms. The van der Waals surface area contributed by atoms with E-state index in [-0.39, 0.29) is 11.9 Å². The van der Waals surface area contributed by atoms with Crippen molar-refractivity contribution in [3.8, 4) is 0 Å². The first-order valence-electron chi connectivity index (χ1n) is 8.71. The van der Waals surface area contributed by atoms with Gasteiger partial charge in [0.05, 0.1) is 6.04 Å². The lowest BCUT2D eigenvalue weighted by molar-refractivity contribution is 0.285. The van der Waals surface area contributed by atoms with Crippen LogP contribution in [0.15, 0.2) is 72.9 Å². The number of aromatic nitrogens is 1. The number of halogens is 1. The van der Waals surface area contributed by atoms with E-state index in [0.717, 1.165) is 23.8 Å². The fraction of sp³-hybridized carbons (Fsp3) is 0.190. The van der Waals surface area contributed by atoms with E-state index in [9.17, 15) is 4.39 Å². The number of thiocarbonyl (C=S) groups is 1. The summed E-state index contributed by atoms with van der Waals surface area (Å²) in [4.78, 5) is 2.20. The van der Waals surface area contributed by atoms with Gasteiger partial charge in [-0.15, -0.1) is 0 Å². The Morgan fingerprint density at radius 3 is 2.54 bits per heavy atom. The van der Waals surface area contributed by atoms with Crippen molar-refractivity contribution in [1.29, 1.82) is 0 Å². The predicted octanol–water partition coefficient (Wildman–Crippen LogP) is 4.11. The predicted molar refractivity (Wildman–Crippen MR) is 105 cm³/mol. The van der Waals surface area contributed by atoms with Crippen molar-refractivity contribution in [2.45, 2.75) is 19.1 Å². The van der Waals surface area contributed by atoms with Crippen LogP contribution in [0.5, 0.6) is 0 Å². The van der Waals surface area contributed by atoms with Crippen LogP contribution in [0.25, 0.3) is 0 Å². The Morgan fingerprint density at radius 2 is 1.77 bits per heavy atom. The lowest BCUT2D eigenvalue weighted by Gasteiger charge is -2.39. The monoisotopic (exact) mass is 365 g/mol. The molecule has 1 N–H and O–H groups in total. The SMILES string of the molecule is Fc1ccc(C2c3cccn3CCN2C(=S)NCc2ccccc2)cc1. The number of fused-ring (bicyclic) bond motifs is 1. The minimum atomic E-state index is -0.226. The average Bonchev–Trinajstić information content (AvgIpc) is 3.16. The van der Waals surface area contributed by atoms with Gasteiger partial charge in [-0.3, -0.25) is 0 Å². The molecule has 1 atom stereocenters. The average molecular weight is 365 g/mol. The van der Waals surface area contributed by atoms with E-state index in [0.29, 0.717) is 6.54 Å². The second kappa shape index (κ2) is 7.30. The Labute approximate surface area is 158 Å². The van der Waals surface area contributed by atoms with Gasteiger partial charge in [0.15, 0.2) is 5.11 Å². The van der Waals surface area contributed by atoms with Crippen molar-refractivity contribution in [3.05, 3.63) is 95.6 Å². The summed E-state index contributed by atoms with van der Waals surface area (Å²) in [5.74, 6) is -0.226. The number of hydrogen-bond acceptors (Lipinski definition) is 1. The van der Waals surface area contributed by atoms with Crippen LogP contribution in [-0.2, 0) is 13.1 Å². The highest BCUT2D eigenvalue weighted by molar-refractivity contribution is 7.80. The van der Waals surface area contributed by atoms with Crippen molar-refractivity contribution in [2.24, 2.45) is 0 Å². The van der Waals surface area contributed by atoms with Gasteiger partial charge in [0.1, 0.15) is 5.82 Å². The molecule has 1 aromatic heterocycles. The number of rotatable bonds is 3. The van der Waals surface area contributed by atoms with Gasteiger partial charge in [0.25, 0.3) is 0 Å². The summed E-state index contributed by atoms with van der Waals surface area (Å²) in [5, 5.41) is 4.09. The van der Waals surface area contributed by atoms with Crippen molar-refractivity contribution in [1.82, 2.24) is 14.8 Å². The molecule has 0 aliphatic carbocycles. The van der Waals surface area contributed by atoms with E-state index in [2.05, 4.69) is 45.2 Å². The third kappa shape index (κ3) is 3.35. The molecule has 0 radical (unpaired) electrons. The van der Waals surface area contributed by atoms with Gasteiger partial charge in [-0.05, 0) is 47.6 Å². The maximum absolute atomic E-state index is 13.4. The lowest BCUT2D eigenvalue weighted by atomic mass is 10.0. The first kappa shape index (κ1) is 16.8. The standard InChI is InChI=1S/C21H20FN3S/c22-18-10-8-17(9-11-18)20-19-7-4-12-24(19)13-14-25(20)21(26)23-15-16-5-2-1-3-6-16/h1-12,20H,13-15H2,(H,23,26). The molecule has 1 aliphatic heterocycles. The number of nitrogens with zero attached hydrogens (tertiary/aromatic N) is 2. The second-order valence-corrected chi connectivity index (χ2v) is 6.80. The van der Waals surface area contributed by atoms with Crippen LogP contribution in [0.2, 0.25) is 0 Å². The maximum Gasteiger partial charge on any atom is 0.170 e. The molecule has 0 saturated carbocycles. The van der Waals surface area contributed by atoms with E-state index < -0.39 is 0 Å². The minimum Gasteiger partial charge on any atom is -0.358 e. The highest BCUT2D eigenvalue weighted by Crippen LogP contribution is 2.32. The van der Waals surface area contributed by atoms with Crippen LogP contribution >= 0.6 is 12.2 Å². The Morgan fingerprint density at radius 1 is 1.00 bits per heavy atom. The van der Waals surface area contributed by atoms with Crippen molar-refractivity contribution in [3.63, 3.8) is 0 Å². The highest BCUT2D eigenvalue weighted by Gasteiger charge is 2.30. The summed E-state index contributed by atoms with van der Waals surface area (Å²) in [7, 11) is 0. The molecule has 26 heavy (non-hydrogen) atoms. The summed E-state index contributed by atoms with van der Waals surface area (Å²) < 4.78 is 15.6. The first-order valence-corrected chi connectivity index (χ1v) is 9.12. The van der Waals surface area contributed by atoms with E-state index in [1.165, 1.54) is 23.4 Å². The molecule has 3 aromatic rings. The zero-order chi connectivity index (χ0) is 17.9. The fourth-order valence-electron chi connectivity index (χ4n) is 3.47. The molecule has 0 saturated heterocycles. The van der Waals surface area contributed by atoms with Gasteiger partial charge in [-0.25, -0.2) is 4.39 Å². The highest BCUT2D eigenvalue weighted by atomic mass is 32.1. The molecule has 4 rings (SSSR count). The quantitative estimate of drug-likeness (QED) is 0.706. The largest absolute Gasteiger partial charge is 0.358 e. The van der Waals surface area contributed by atoms with Crippen LogP contribution in [0.3, 0.4) is 0 Å². The molecule has 1 unspecified atom stereocenters. The van der Waals surface area contributed by atoms with Crippen LogP contribution in [0, 0.1) is 5.82 Å². The molecule has 3 nitrogen and oxygen atoms in total. The Kier molecular flexibility index (Phi) is 4.71. The molecule has 0 fully saturated rings. The van der Waals surface area contributed by atoms with Gasteiger partial charge in [-0.1, -0.05) is 42.5 Å². The molecule has 0 amide bonds. The van der Waals surface area contributed by atoms with E-state index in [4.69, 9.17) is 12.2 Å². The van der Waals surface area contributed by atoms with Crippen molar-refractivity contribution >= 4 is 17.3 Å². The maximum atomic E-state index is 13.4. The van der Waals surface area contributed by atoms with E-state index in [1.54, 1.807) is 0 Å². The van der Waals surface area contributed by atoms with Crippen LogP contribution < -0.4 is 5.32 Å². The van der Waals surface area contributed by atoms with Gasteiger partial charge in [-0.2, -0.15) is 0 Å². The van der Waals surface area contributed by atoms with Gasteiger partial charge < -0.3 is 14.8 Å². The van der Waals surface area contributed by atoms with Gasteiger partial charge in [0.2, 0.25) is 0 Å². The van der Waals surface area contributed by atoms with Crippen LogP contribution in [-0.4, -0.2) is 21.1 Å². The topological polar surface area (TPSA) is 20.2 Å². The lowest BCUT2D eigenvalue weighted by Crippen LogP contribution is -2.46. The van der Waals surface area contributed by atoms with Gasteiger partial charge in [0, 0.05) is 31.5 Å². The smallest absolute Gasteiger partial charge is 0.170 e. The third-order valence-electron chi connectivity index (χ3n) is 4.77. The zero-order valence-electron chi connectivity index (χ0n) is 14.3. The number of benzene rings is 2. The number of nitrogens with one attached hydrogen (secondary N) is 1. The summed E-state index contributed by atoms with van der Waals surface area (Å²) in [6.45, 7) is 2.38. The van der Waals surface area contributed by atoms with Crippen LogP contribution in [0.4, 0.5) is 4.39 Å². The third-order valence-corrected chi connectivity index (χ3v) is 5.15. The summed E-state index contributed by atoms with van der Waals surface area (Å²) in [5.41, 5.74) is 3.40. The Balaban J connectivity index is 1.59. The van der Waals surface area contributed by atoms with E-state index in [1.807, 2.05) is 30.3 Å². The molecule has 2 heterocycles. The first-order chi connectivity index (χ1) is 12.7. The zero-order valence-corrected chi connectivity index (χ0v) is 15.1. The Bertz CT molecular complexity index is 889. The summed E-state index contributed by atoms with van der Waals surface area (Å²) >= 11 is 5.71. The van der Waals surface area contributed by atoms with E-state index >= 15 is 0 Å². The number of hydrogen-bond donors (Lipinski definition) is 1. The molecule has 0 spiro atoms. The van der Waals surface area contributed by atoms with Crippen molar-refractivity contribution < 1.29 is 4.39 Å². The molecule has 1 aliphatic rings. The Hall–Kier alpha value is -2.66. The molecule has 2 aromatic carbocycles. The van der Waals surface area contributed by atoms with Crippen LogP contribution in [0.1, 0.15) is 22.9 Å². The van der Waals surface area contributed by atoms with Gasteiger partial charge >= 0.3 is 0 Å².